The second-order valence-corrected chi connectivity index (χ2v) is 5.42. The Morgan fingerprint density at radius 2 is 2.06 bits per heavy atom. The molecule has 0 bridgehead atoms. The number of fused-ring (bicyclic) bond motifs is 1. The Hall–Kier alpha value is -1.79. The molecule has 0 aromatic heterocycles. The van der Waals surface area contributed by atoms with E-state index in [0.29, 0.717) is 13.0 Å². The molecule has 4 amide bonds. The number of ether oxygens (including phenoxy) is 1. The van der Waals surface area contributed by atoms with Gasteiger partial charge in [-0.15, -0.1) is 0 Å². The normalized spacial score (nSPS) is 23.4. The van der Waals surface area contributed by atoms with Crippen LogP contribution in [0.1, 0.15) is 33.6 Å². The number of hydrogen-bond acceptors (Lipinski definition) is 4. The summed E-state index contributed by atoms with van der Waals surface area (Å²) < 4.78 is 5.00. The summed E-state index contributed by atoms with van der Waals surface area (Å²) in [6.45, 7) is 5.68. The van der Waals surface area contributed by atoms with Gasteiger partial charge in [-0.05, 0) is 33.6 Å². The molecule has 2 aliphatic heterocycles. The molecule has 2 aliphatic rings. The average molecular weight is 255 g/mol. The van der Waals surface area contributed by atoms with Gasteiger partial charge >= 0.3 is 12.1 Å². The summed E-state index contributed by atoms with van der Waals surface area (Å²) in [5.41, 5.74) is 1.52. The number of amides is 4. The highest BCUT2D eigenvalue weighted by atomic mass is 16.6. The first-order valence-electron chi connectivity index (χ1n) is 5.94. The van der Waals surface area contributed by atoms with Crippen LogP contribution in [0.3, 0.4) is 0 Å². The van der Waals surface area contributed by atoms with E-state index in [4.69, 9.17) is 4.74 Å². The third-order valence-corrected chi connectivity index (χ3v) is 2.80. The van der Waals surface area contributed by atoms with Crippen LogP contribution in [-0.4, -0.2) is 46.1 Å². The molecule has 1 atom stereocenters. The van der Waals surface area contributed by atoms with Crippen molar-refractivity contribution in [1.29, 1.82) is 0 Å². The lowest BCUT2D eigenvalue weighted by atomic mass is 10.2. The Labute approximate surface area is 105 Å². The fourth-order valence-electron chi connectivity index (χ4n) is 2.12. The van der Waals surface area contributed by atoms with Gasteiger partial charge in [0, 0.05) is 6.54 Å². The van der Waals surface area contributed by atoms with Gasteiger partial charge in [0.25, 0.3) is 5.91 Å². The lowest BCUT2D eigenvalue weighted by Gasteiger charge is -2.22. The molecule has 2 heterocycles. The summed E-state index contributed by atoms with van der Waals surface area (Å²) in [5.74, 6) is -0.386. The average Bonchev–Trinajstić information content (AvgIpc) is 2.76. The van der Waals surface area contributed by atoms with Crippen molar-refractivity contribution in [2.45, 2.75) is 45.3 Å². The minimum absolute atomic E-state index is 0.386. The largest absolute Gasteiger partial charge is 0.443 e. The Bertz CT molecular complexity index is 380. The number of carbonyl (C=O) groups is 3. The van der Waals surface area contributed by atoms with Gasteiger partial charge in [0.2, 0.25) is 0 Å². The van der Waals surface area contributed by atoms with E-state index in [1.165, 1.54) is 4.90 Å². The number of hydrazine groups is 1. The molecule has 7 heteroatoms. The molecule has 0 spiro atoms. The lowest BCUT2D eigenvalue weighted by molar-refractivity contribution is -0.130. The molecule has 18 heavy (non-hydrogen) atoms. The molecule has 0 aromatic carbocycles. The number of rotatable bonds is 1. The maximum absolute atomic E-state index is 11.9. The van der Waals surface area contributed by atoms with Gasteiger partial charge in [-0.2, -0.15) is 5.01 Å². The fraction of sp³-hybridized carbons (Fsp3) is 0.727. The number of imide groups is 1. The molecule has 0 unspecified atom stereocenters. The zero-order valence-corrected chi connectivity index (χ0v) is 10.7. The van der Waals surface area contributed by atoms with Crippen LogP contribution in [0.25, 0.3) is 0 Å². The fourth-order valence-corrected chi connectivity index (χ4v) is 2.12. The van der Waals surface area contributed by atoms with Gasteiger partial charge in [0.1, 0.15) is 11.6 Å². The van der Waals surface area contributed by atoms with E-state index in [1.54, 1.807) is 20.8 Å². The van der Waals surface area contributed by atoms with Crippen molar-refractivity contribution in [3.63, 3.8) is 0 Å². The minimum atomic E-state index is -0.801. The van der Waals surface area contributed by atoms with E-state index in [2.05, 4.69) is 5.43 Å². The van der Waals surface area contributed by atoms with Gasteiger partial charge in [-0.25, -0.2) is 15.0 Å². The number of hydrogen-bond donors (Lipinski definition) is 1. The van der Waals surface area contributed by atoms with E-state index in [9.17, 15) is 14.4 Å². The molecule has 2 rings (SSSR count). The molecule has 0 radical (unpaired) electrons. The van der Waals surface area contributed by atoms with Crippen LogP contribution in [0.2, 0.25) is 0 Å². The van der Waals surface area contributed by atoms with Crippen LogP contribution in [0.15, 0.2) is 0 Å². The molecule has 0 saturated carbocycles. The molecule has 0 aliphatic carbocycles. The smallest absolute Gasteiger partial charge is 0.427 e. The maximum Gasteiger partial charge on any atom is 0.427 e. The Morgan fingerprint density at radius 3 is 2.61 bits per heavy atom. The zero-order chi connectivity index (χ0) is 13.5. The zero-order valence-electron chi connectivity index (χ0n) is 10.7. The molecule has 1 N–H and O–H groups in total. The topological polar surface area (TPSA) is 79.0 Å². The summed E-state index contributed by atoms with van der Waals surface area (Å²) in [5, 5.41) is 0.748. The van der Waals surface area contributed by atoms with Gasteiger partial charge in [-0.3, -0.25) is 4.79 Å². The molecule has 2 fully saturated rings. The summed E-state index contributed by atoms with van der Waals surface area (Å²) >= 11 is 0. The molecule has 2 saturated heterocycles. The van der Waals surface area contributed by atoms with Crippen molar-refractivity contribution < 1.29 is 19.1 Å². The van der Waals surface area contributed by atoms with Crippen LogP contribution >= 0.6 is 0 Å². The first-order chi connectivity index (χ1) is 8.29. The molecular weight excluding hydrogens is 238 g/mol. The van der Waals surface area contributed by atoms with E-state index in [0.717, 1.165) is 11.4 Å². The van der Waals surface area contributed by atoms with Crippen molar-refractivity contribution in [2.24, 2.45) is 0 Å². The van der Waals surface area contributed by atoms with Crippen molar-refractivity contribution in [2.75, 3.05) is 6.54 Å². The SMILES string of the molecule is CC(C)(C)OC(=O)NN1C(=O)[C@@H]2CCCN2C1=O. The highest BCUT2D eigenvalue weighted by molar-refractivity contribution is 6.05. The summed E-state index contributed by atoms with van der Waals surface area (Å²) in [6.07, 6.45) is 0.671. The third kappa shape index (κ3) is 2.25. The molecular formula is C11H17N3O4. The predicted octanol–water partition coefficient (Wildman–Crippen LogP) is 0.853. The third-order valence-electron chi connectivity index (χ3n) is 2.80. The number of carbonyl (C=O) groups excluding carboxylic acids is 3. The van der Waals surface area contributed by atoms with Crippen LogP contribution in [0, 0.1) is 0 Å². The highest BCUT2D eigenvalue weighted by Gasteiger charge is 2.48. The second kappa shape index (κ2) is 4.15. The minimum Gasteiger partial charge on any atom is -0.443 e. The van der Waals surface area contributed by atoms with Crippen molar-refractivity contribution >= 4 is 18.0 Å². The molecule has 7 nitrogen and oxygen atoms in total. The molecule has 0 aromatic rings. The van der Waals surface area contributed by atoms with Gasteiger partial charge in [0.05, 0.1) is 0 Å². The second-order valence-electron chi connectivity index (χ2n) is 5.42. The lowest BCUT2D eigenvalue weighted by Crippen LogP contribution is -2.49. The van der Waals surface area contributed by atoms with E-state index < -0.39 is 23.8 Å². The standard InChI is InChI=1S/C11H17N3O4/c1-11(2,3)18-9(16)12-14-8(15)7-5-4-6-13(7)10(14)17/h7H,4-6H2,1-3H3,(H,12,16)/t7-/m0/s1. The number of nitrogens with zero attached hydrogens (tertiary/aromatic N) is 2. The predicted molar refractivity (Wildman–Crippen MR) is 61.3 cm³/mol. The Balaban J connectivity index is 2.00. The highest BCUT2D eigenvalue weighted by Crippen LogP contribution is 2.26. The Kier molecular flexibility index (Phi) is 2.92. The first kappa shape index (κ1) is 12.7. The molecule has 100 valence electrons. The van der Waals surface area contributed by atoms with Gasteiger partial charge in [-0.1, -0.05) is 0 Å². The first-order valence-corrected chi connectivity index (χ1v) is 5.94. The van der Waals surface area contributed by atoms with Crippen LogP contribution in [0.5, 0.6) is 0 Å². The van der Waals surface area contributed by atoms with Crippen LogP contribution in [0.4, 0.5) is 9.59 Å². The summed E-state index contributed by atoms with van der Waals surface area (Å²) in [4.78, 5) is 36.8. The quantitative estimate of drug-likeness (QED) is 0.704. The van der Waals surface area contributed by atoms with Gasteiger partial charge in [0.15, 0.2) is 0 Å². The van der Waals surface area contributed by atoms with E-state index in [-0.39, 0.29) is 5.91 Å². The van der Waals surface area contributed by atoms with Crippen molar-refractivity contribution in [3.05, 3.63) is 0 Å². The Morgan fingerprint density at radius 1 is 1.39 bits per heavy atom. The summed E-state index contributed by atoms with van der Waals surface area (Å²) in [6, 6.07) is -0.902. The number of nitrogens with one attached hydrogen (secondary N) is 1. The monoisotopic (exact) mass is 255 g/mol. The van der Waals surface area contributed by atoms with Crippen LogP contribution < -0.4 is 5.43 Å². The number of urea groups is 1. The van der Waals surface area contributed by atoms with E-state index >= 15 is 0 Å². The van der Waals surface area contributed by atoms with Crippen LogP contribution in [-0.2, 0) is 9.53 Å². The van der Waals surface area contributed by atoms with Crippen molar-refractivity contribution in [3.8, 4) is 0 Å². The van der Waals surface area contributed by atoms with Gasteiger partial charge < -0.3 is 9.64 Å². The maximum atomic E-state index is 11.9. The van der Waals surface area contributed by atoms with E-state index in [1.807, 2.05) is 0 Å². The summed E-state index contributed by atoms with van der Waals surface area (Å²) in [7, 11) is 0. The van der Waals surface area contributed by atoms with Crippen molar-refractivity contribution in [1.82, 2.24) is 15.3 Å².